The van der Waals surface area contributed by atoms with Crippen molar-refractivity contribution in [1.82, 2.24) is 0 Å². The van der Waals surface area contributed by atoms with Crippen molar-refractivity contribution < 1.29 is 27.5 Å². The second kappa shape index (κ2) is 6.32. The number of methoxy groups -OCH3 is 1. The number of nitrogens with zero attached hydrogens (tertiary/aromatic N) is 4. The van der Waals surface area contributed by atoms with E-state index in [-0.39, 0.29) is 5.69 Å². The average molecular weight is 390 g/mol. The number of halogens is 3. The Labute approximate surface area is 157 Å². The maximum absolute atomic E-state index is 12.9. The van der Waals surface area contributed by atoms with Crippen LogP contribution in [0.15, 0.2) is 58.9 Å². The highest BCUT2D eigenvalue weighted by atomic mass is 19.4. The number of benzene rings is 2. The van der Waals surface area contributed by atoms with Crippen molar-refractivity contribution in [3.05, 3.63) is 54.1 Å². The molecule has 2 atom stereocenters. The summed E-state index contributed by atoms with van der Waals surface area (Å²) in [7, 11) is 1.49. The number of ether oxygens (including phenoxy) is 1. The Morgan fingerprint density at radius 3 is 2.11 bits per heavy atom. The Kier molecular flexibility index (Phi) is 4.06. The predicted molar refractivity (Wildman–Crippen MR) is 91.8 cm³/mol. The third-order valence-electron chi connectivity index (χ3n) is 4.57. The maximum Gasteiger partial charge on any atom is 0.416 e. The molecule has 2 aliphatic rings. The molecule has 2 unspecified atom stereocenters. The normalized spacial score (nSPS) is 21.4. The predicted octanol–water partition coefficient (Wildman–Crippen LogP) is 3.21. The highest BCUT2D eigenvalue weighted by Crippen LogP contribution is 2.36. The first-order valence-electron chi connectivity index (χ1n) is 8.20. The molecule has 2 aliphatic heterocycles. The van der Waals surface area contributed by atoms with Crippen LogP contribution in [0.1, 0.15) is 5.56 Å². The summed E-state index contributed by atoms with van der Waals surface area (Å²) in [5.41, 5.74) is -0.229. The van der Waals surface area contributed by atoms with Gasteiger partial charge in [-0.2, -0.15) is 18.3 Å². The average Bonchev–Trinajstić information content (AvgIpc) is 3.22. The first-order chi connectivity index (χ1) is 13.3. The summed E-state index contributed by atoms with van der Waals surface area (Å²) >= 11 is 0. The molecule has 0 bridgehead atoms. The van der Waals surface area contributed by atoms with Gasteiger partial charge < -0.3 is 4.74 Å². The Hall–Kier alpha value is -3.43. The van der Waals surface area contributed by atoms with E-state index < -0.39 is 35.6 Å². The number of imide groups is 1. The molecule has 0 radical (unpaired) electrons. The molecule has 0 aromatic heterocycles. The lowest BCUT2D eigenvalue weighted by molar-refractivity contribution is -0.137. The summed E-state index contributed by atoms with van der Waals surface area (Å²) in [5.74, 6) is -0.530. The van der Waals surface area contributed by atoms with E-state index in [4.69, 9.17) is 4.74 Å². The zero-order valence-corrected chi connectivity index (χ0v) is 14.4. The number of rotatable bonds is 3. The molecule has 2 heterocycles. The first-order valence-corrected chi connectivity index (χ1v) is 8.20. The van der Waals surface area contributed by atoms with Gasteiger partial charge in [-0.15, -0.1) is 0 Å². The van der Waals surface area contributed by atoms with Crippen LogP contribution in [0.25, 0.3) is 0 Å². The number of hydrogen-bond donors (Lipinski definition) is 0. The zero-order valence-electron chi connectivity index (χ0n) is 14.4. The lowest BCUT2D eigenvalue weighted by Crippen LogP contribution is -2.39. The molecular formula is C18H13F3N4O3. The molecule has 0 spiro atoms. The van der Waals surface area contributed by atoms with Gasteiger partial charge in [0.05, 0.1) is 24.0 Å². The van der Waals surface area contributed by atoms with Crippen LogP contribution in [0, 0.1) is 0 Å². The second-order valence-corrected chi connectivity index (χ2v) is 6.19. The van der Waals surface area contributed by atoms with Crippen LogP contribution in [0.4, 0.5) is 24.5 Å². The fraction of sp³-hybridized carbons (Fsp3) is 0.222. The van der Waals surface area contributed by atoms with Gasteiger partial charge in [-0.25, -0.2) is 9.91 Å². The van der Waals surface area contributed by atoms with E-state index in [2.05, 4.69) is 10.3 Å². The van der Waals surface area contributed by atoms with Crippen molar-refractivity contribution in [2.45, 2.75) is 18.3 Å². The molecule has 0 aliphatic carbocycles. The number of hydrogen-bond acceptors (Lipinski definition) is 6. The molecule has 10 heteroatoms. The number of alkyl halides is 3. The van der Waals surface area contributed by atoms with Crippen LogP contribution in [-0.4, -0.2) is 31.0 Å². The third kappa shape index (κ3) is 2.77. The van der Waals surface area contributed by atoms with Crippen molar-refractivity contribution >= 4 is 23.2 Å². The minimum absolute atomic E-state index is 0.238. The Morgan fingerprint density at radius 2 is 1.54 bits per heavy atom. The van der Waals surface area contributed by atoms with Crippen LogP contribution >= 0.6 is 0 Å². The van der Waals surface area contributed by atoms with Gasteiger partial charge in [0.1, 0.15) is 5.75 Å². The molecular weight excluding hydrogens is 377 g/mol. The van der Waals surface area contributed by atoms with Gasteiger partial charge in [-0.05, 0) is 48.5 Å². The second-order valence-electron chi connectivity index (χ2n) is 6.19. The summed E-state index contributed by atoms with van der Waals surface area (Å²) in [6.45, 7) is 0. The third-order valence-corrected chi connectivity index (χ3v) is 4.57. The smallest absolute Gasteiger partial charge is 0.416 e. The number of fused-ring (bicyclic) bond motifs is 1. The number of anilines is 2. The van der Waals surface area contributed by atoms with Crippen molar-refractivity contribution in [1.29, 1.82) is 0 Å². The van der Waals surface area contributed by atoms with Gasteiger partial charge in [0, 0.05) is 0 Å². The quantitative estimate of drug-likeness (QED) is 0.755. The Bertz CT molecular complexity index is 958. The zero-order chi connectivity index (χ0) is 20.1. The van der Waals surface area contributed by atoms with Crippen LogP contribution in [0.2, 0.25) is 0 Å². The molecule has 28 heavy (non-hydrogen) atoms. The topological polar surface area (TPSA) is 74.6 Å². The molecule has 4 rings (SSSR count). The highest BCUT2D eigenvalue weighted by Gasteiger charge is 2.55. The standard InChI is InChI=1S/C18H13F3N4O3/c1-28-13-8-6-11(7-9-13)24-16(26)14-15(17(24)27)25(23-22-14)12-4-2-10(3-5-12)18(19,20)21/h2-9,14-15H,1H3. The molecule has 0 saturated carbocycles. The van der Waals surface area contributed by atoms with Crippen molar-refractivity contribution in [3.63, 3.8) is 0 Å². The number of amides is 2. The molecule has 2 amide bonds. The monoisotopic (exact) mass is 390 g/mol. The van der Waals surface area contributed by atoms with E-state index in [1.54, 1.807) is 24.3 Å². The molecule has 1 fully saturated rings. The van der Waals surface area contributed by atoms with Crippen LogP contribution in [0.3, 0.4) is 0 Å². The van der Waals surface area contributed by atoms with Crippen molar-refractivity contribution in [3.8, 4) is 5.75 Å². The number of carbonyl (C=O) groups excluding carboxylic acids is 2. The van der Waals surface area contributed by atoms with Crippen molar-refractivity contribution in [2.75, 3.05) is 17.0 Å². The molecule has 144 valence electrons. The van der Waals surface area contributed by atoms with Gasteiger partial charge in [-0.1, -0.05) is 5.22 Å². The van der Waals surface area contributed by atoms with E-state index >= 15 is 0 Å². The summed E-state index contributed by atoms with van der Waals surface area (Å²) in [4.78, 5) is 26.6. The van der Waals surface area contributed by atoms with E-state index in [1.165, 1.54) is 24.3 Å². The lowest BCUT2D eigenvalue weighted by atomic mass is 10.1. The summed E-state index contributed by atoms with van der Waals surface area (Å²) in [5, 5.41) is 8.86. The van der Waals surface area contributed by atoms with Gasteiger partial charge >= 0.3 is 6.18 Å². The van der Waals surface area contributed by atoms with Crippen LogP contribution < -0.4 is 14.6 Å². The van der Waals surface area contributed by atoms with E-state index in [0.29, 0.717) is 11.4 Å². The maximum atomic E-state index is 12.9. The molecule has 2 aromatic carbocycles. The minimum atomic E-state index is -4.47. The van der Waals surface area contributed by atoms with E-state index in [1.807, 2.05) is 0 Å². The van der Waals surface area contributed by atoms with Gasteiger partial charge in [0.2, 0.25) is 0 Å². The van der Waals surface area contributed by atoms with Gasteiger partial charge in [0.25, 0.3) is 11.8 Å². The van der Waals surface area contributed by atoms with Crippen molar-refractivity contribution in [2.24, 2.45) is 10.3 Å². The largest absolute Gasteiger partial charge is 0.497 e. The molecule has 2 aromatic rings. The SMILES string of the molecule is COc1ccc(N2C(=O)C3N=NN(c4ccc(C(F)(F)F)cc4)C3C2=O)cc1. The lowest BCUT2D eigenvalue weighted by Gasteiger charge is -2.21. The minimum Gasteiger partial charge on any atom is -0.497 e. The summed E-state index contributed by atoms with van der Waals surface area (Å²) < 4.78 is 43.3. The highest BCUT2D eigenvalue weighted by molar-refractivity contribution is 6.26. The molecule has 0 N–H and O–H groups in total. The molecule has 7 nitrogen and oxygen atoms in total. The fourth-order valence-electron chi connectivity index (χ4n) is 3.16. The van der Waals surface area contributed by atoms with Crippen LogP contribution in [0.5, 0.6) is 5.75 Å². The van der Waals surface area contributed by atoms with Gasteiger partial charge in [0.15, 0.2) is 12.1 Å². The van der Waals surface area contributed by atoms with Crippen LogP contribution in [-0.2, 0) is 15.8 Å². The summed E-state index contributed by atoms with van der Waals surface area (Å²) in [6, 6.07) is 8.43. The first kappa shape index (κ1) is 18.0. The Morgan fingerprint density at radius 1 is 0.929 bits per heavy atom. The van der Waals surface area contributed by atoms with Gasteiger partial charge in [-0.3, -0.25) is 9.59 Å². The van der Waals surface area contributed by atoms with E-state index in [9.17, 15) is 22.8 Å². The molecule has 1 saturated heterocycles. The fourth-order valence-corrected chi connectivity index (χ4v) is 3.16. The summed E-state index contributed by atoms with van der Waals surface area (Å²) in [6.07, 6.45) is -4.47. The Balaban J connectivity index is 1.62. The van der Waals surface area contributed by atoms with E-state index in [0.717, 1.165) is 17.0 Å². The number of carbonyl (C=O) groups is 2.